The number of carbonyl (C=O) groups excluding carboxylic acids is 1. The molecule has 0 spiro atoms. The number of hydrogen-bond donors (Lipinski definition) is 0. The maximum Gasteiger partial charge on any atom is 0.363 e. The number of rotatable bonds is 2. The van der Waals surface area contributed by atoms with E-state index in [0.29, 0.717) is 10.6 Å². The highest BCUT2D eigenvalue weighted by Crippen LogP contribution is 2.26. The fraction of sp³-hybridized carbons (Fsp3) is 0. The van der Waals surface area contributed by atoms with Crippen LogP contribution in [0.1, 0.15) is 11.1 Å². The Morgan fingerprint density at radius 3 is 2.68 bits per heavy atom. The summed E-state index contributed by atoms with van der Waals surface area (Å²) >= 11 is 10.5. The van der Waals surface area contributed by atoms with Crippen molar-refractivity contribution in [2.45, 2.75) is 0 Å². The normalized spacial score (nSPS) is 15.9. The minimum absolute atomic E-state index is 0.241. The summed E-state index contributed by atoms with van der Waals surface area (Å²) in [5.74, 6) is -0.227. The quantitative estimate of drug-likeness (QED) is 0.312. The van der Waals surface area contributed by atoms with Gasteiger partial charge in [-0.2, -0.15) is 0 Å². The van der Waals surface area contributed by atoms with E-state index in [1.54, 1.807) is 12.1 Å². The third-order valence-corrected chi connectivity index (χ3v) is 4.96. The molecular formula is C16H8ClI2NO2. The van der Waals surface area contributed by atoms with Crippen molar-refractivity contribution in [2.75, 3.05) is 0 Å². The van der Waals surface area contributed by atoms with Gasteiger partial charge >= 0.3 is 5.97 Å². The lowest BCUT2D eigenvalue weighted by molar-refractivity contribution is -0.129. The number of aliphatic imine (C=N–C) groups is 1. The first kappa shape index (κ1) is 15.9. The monoisotopic (exact) mass is 535 g/mol. The molecular weight excluding hydrogens is 527 g/mol. The summed E-state index contributed by atoms with van der Waals surface area (Å²) in [6.07, 6.45) is 1.72. The van der Waals surface area contributed by atoms with E-state index < -0.39 is 5.97 Å². The first-order valence-electron chi connectivity index (χ1n) is 6.27. The first-order valence-corrected chi connectivity index (χ1v) is 8.80. The molecule has 2 aromatic carbocycles. The van der Waals surface area contributed by atoms with Crippen LogP contribution in [0, 0.1) is 7.14 Å². The van der Waals surface area contributed by atoms with E-state index in [1.165, 1.54) is 0 Å². The average Bonchev–Trinajstić information content (AvgIpc) is 2.85. The molecule has 1 aliphatic heterocycles. The Bertz CT molecular complexity index is 831. The molecule has 0 saturated carbocycles. The summed E-state index contributed by atoms with van der Waals surface area (Å²) in [6, 6.07) is 13.2. The third kappa shape index (κ3) is 3.36. The van der Waals surface area contributed by atoms with Crippen molar-refractivity contribution < 1.29 is 9.53 Å². The summed E-state index contributed by atoms with van der Waals surface area (Å²) in [4.78, 5) is 16.3. The molecule has 0 amide bonds. The Morgan fingerprint density at radius 2 is 1.91 bits per heavy atom. The molecule has 3 nitrogen and oxygen atoms in total. The Labute approximate surface area is 159 Å². The fourth-order valence-corrected chi connectivity index (χ4v) is 3.16. The number of halogens is 3. The average molecular weight is 536 g/mol. The molecule has 0 atom stereocenters. The summed E-state index contributed by atoms with van der Waals surface area (Å²) in [5.41, 5.74) is 1.82. The molecule has 0 N–H and O–H groups in total. The summed E-state index contributed by atoms with van der Waals surface area (Å²) in [6.45, 7) is 0. The standard InChI is InChI=1S/C16H8ClI2NO2/c17-12-6-5-10(18)8-11(12)15-20-14(16(21)22-15)7-9-3-1-2-4-13(9)19/h1-8H/b14-7-. The molecule has 0 radical (unpaired) electrons. The van der Waals surface area contributed by atoms with Crippen molar-refractivity contribution >= 4 is 74.7 Å². The van der Waals surface area contributed by atoms with Crippen molar-refractivity contribution in [2.24, 2.45) is 4.99 Å². The number of carbonyl (C=O) groups is 1. The van der Waals surface area contributed by atoms with Gasteiger partial charge in [0.2, 0.25) is 5.90 Å². The van der Waals surface area contributed by atoms with E-state index in [-0.39, 0.29) is 11.6 Å². The zero-order chi connectivity index (χ0) is 15.7. The second-order valence-corrected chi connectivity index (χ2v) is 7.30. The summed E-state index contributed by atoms with van der Waals surface area (Å²) in [5, 5.41) is 0.502. The van der Waals surface area contributed by atoms with Gasteiger partial charge in [-0.25, -0.2) is 9.79 Å². The predicted molar refractivity (Wildman–Crippen MR) is 104 cm³/mol. The smallest absolute Gasteiger partial charge is 0.363 e. The van der Waals surface area contributed by atoms with Crippen LogP contribution < -0.4 is 0 Å². The van der Waals surface area contributed by atoms with Gasteiger partial charge in [0, 0.05) is 7.14 Å². The van der Waals surface area contributed by atoms with Gasteiger partial charge in [0.25, 0.3) is 0 Å². The fourth-order valence-electron chi connectivity index (χ4n) is 1.93. The highest BCUT2D eigenvalue weighted by Gasteiger charge is 2.25. The van der Waals surface area contributed by atoms with E-state index in [1.807, 2.05) is 36.4 Å². The number of benzene rings is 2. The molecule has 3 rings (SSSR count). The van der Waals surface area contributed by atoms with E-state index in [0.717, 1.165) is 12.7 Å². The minimum Gasteiger partial charge on any atom is -0.402 e. The van der Waals surface area contributed by atoms with Crippen LogP contribution in [0.15, 0.2) is 53.2 Å². The predicted octanol–water partition coefficient (Wildman–Crippen LogP) is 4.89. The number of nitrogens with zero attached hydrogens (tertiary/aromatic N) is 1. The second-order valence-electron chi connectivity index (χ2n) is 4.48. The lowest BCUT2D eigenvalue weighted by atomic mass is 10.2. The highest BCUT2D eigenvalue weighted by molar-refractivity contribution is 14.1. The van der Waals surface area contributed by atoms with Crippen molar-refractivity contribution in [1.29, 1.82) is 0 Å². The molecule has 1 heterocycles. The van der Waals surface area contributed by atoms with Crippen LogP contribution in [-0.2, 0) is 9.53 Å². The molecule has 22 heavy (non-hydrogen) atoms. The number of ether oxygens (including phenoxy) is 1. The van der Waals surface area contributed by atoms with Crippen molar-refractivity contribution in [3.63, 3.8) is 0 Å². The Balaban J connectivity index is 2.02. The van der Waals surface area contributed by atoms with Crippen molar-refractivity contribution in [1.82, 2.24) is 0 Å². The highest BCUT2D eigenvalue weighted by atomic mass is 127. The van der Waals surface area contributed by atoms with Gasteiger partial charge < -0.3 is 4.74 Å². The van der Waals surface area contributed by atoms with Crippen LogP contribution in [0.25, 0.3) is 6.08 Å². The Hall–Kier alpha value is -0.930. The van der Waals surface area contributed by atoms with E-state index in [2.05, 4.69) is 50.2 Å². The number of esters is 1. The zero-order valence-corrected chi connectivity index (χ0v) is 16.1. The van der Waals surface area contributed by atoms with Gasteiger partial charge in [-0.3, -0.25) is 0 Å². The molecule has 110 valence electrons. The molecule has 0 fully saturated rings. The third-order valence-electron chi connectivity index (χ3n) is 2.98. The summed E-state index contributed by atoms with van der Waals surface area (Å²) < 4.78 is 7.29. The molecule has 0 aromatic heterocycles. The van der Waals surface area contributed by atoms with Gasteiger partial charge in [-0.15, -0.1) is 0 Å². The molecule has 6 heteroatoms. The Kier molecular flexibility index (Phi) is 4.84. The molecule has 0 saturated heterocycles. The maximum atomic E-state index is 12.0. The second kappa shape index (κ2) is 6.67. The molecule has 0 bridgehead atoms. The van der Waals surface area contributed by atoms with Crippen LogP contribution in [0.2, 0.25) is 5.02 Å². The SMILES string of the molecule is O=C1OC(c2cc(I)ccc2Cl)=N/C1=C\c1ccccc1I. The van der Waals surface area contributed by atoms with Gasteiger partial charge in [-0.1, -0.05) is 29.8 Å². The zero-order valence-electron chi connectivity index (χ0n) is 11.0. The number of cyclic esters (lactones) is 1. The van der Waals surface area contributed by atoms with Crippen LogP contribution >= 0.6 is 56.8 Å². The molecule has 0 unspecified atom stereocenters. The molecule has 2 aromatic rings. The number of hydrogen-bond acceptors (Lipinski definition) is 3. The van der Waals surface area contributed by atoms with Gasteiger partial charge in [-0.05, 0) is 81.1 Å². The Morgan fingerprint density at radius 1 is 1.14 bits per heavy atom. The van der Waals surface area contributed by atoms with E-state index in [4.69, 9.17) is 16.3 Å². The lowest BCUT2D eigenvalue weighted by Gasteiger charge is -2.02. The topological polar surface area (TPSA) is 38.7 Å². The molecule has 1 aliphatic rings. The van der Waals surface area contributed by atoms with E-state index >= 15 is 0 Å². The first-order chi connectivity index (χ1) is 10.5. The largest absolute Gasteiger partial charge is 0.402 e. The van der Waals surface area contributed by atoms with Crippen molar-refractivity contribution in [3.8, 4) is 0 Å². The molecule has 0 aliphatic carbocycles. The van der Waals surface area contributed by atoms with Crippen LogP contribution in [0.4, 0.5) is 0 Å². The van der Waals surface area contributed by atoms with Gasteiger partial charge in [0.05, 0.1) is 10.6 Å². The van der Waals surface area contributed by atoms with E-state index in [9.17, 15) is 4.79 Å². The van der Waals surface area contributed by atoms with Crippen LogP contribution in [0.3, 0.4) is 0 Å². The maximum absolute atomic E-state index is 12.0. The van der Waals surface area contributed by atoms with Gasteiger partial charge in [0.1, 0.15) is 0 Å². The van der Waals surface area contributed by atoms with Crippen LogP contribution in [-0.4, -0.2) is 11.9 Å². The summed E-state index contributed by atoms with van der Waals surface area (Å²) in [7, 11) is 0. The minimum atomic E-state index is -0.468. The van der Waals surface area contributed by atoms with Crippen LogP contribution in [0.5, 0.6) is 0 Å². The van der Waals surface area contributed by atoms with Crippen molar-refractivity contribution in [3.05, 3.63) is 71.5 Å². The lowest BCUT2D eigenvalue weighted by Crippen LogP contribution is -2.06. The van der Waals surface area contributed by atoms with Gasteiger partial charge in [0.15, 0.2) is 5.70 Å².